The topological polar surface area (TPSA) is 96.2 Å². The fourth-order valence-electron chi connectivity index (χ4n) is 2.15. The number of anilines is 2. The van der Waals surface area contributed by atoms with E-state index in [9.17, 15) is 9.18 Å². The molecular weight excluding hydrogens is 263 g/mol. The van der Waals surface area contributed by atoms with E-state index in [0.29, 0.717) is 13.0 Å². The number of carbonyl (C=O) groups excluding carboxylic acids is 1. The smallest absolute Gasteiger partial charge is 0.239 e. The van der Waals surface area contributed by atoms with Crippen LogP contribution in [0, 0.1) is 5.82 Å². The molecular formula is C12H19FN6O. The van der Waals surface area contributed by atoms with Crippen molar-refractivity contribution >= 4 is 17.7 Å². The minimum Gasteiger partial charge on any atom is -0.367 e. The third-order valence-corrected chi connectivity index (χ3v) is 3.21. The maximum absolute atomic E-state index is 13.4. The molecule has 1 amide bonds. The SMILES string of the molecule is NNc1ncc(F)c(NCCC(=O)N2CCCCC2)n1. The first-order valence-electron chi connectivity index (χ1n) is 6.71. The number of aromatic nitrogens is 2. The van der Waals surface area contributed by atoms with E-state index >= 15 is 0 Å². The number of hydrogen-bond donors (Lipinski definition) is 3. The summed E-state index contributed by atoms with van der Waals surface area (Å²) in [4.78, 5) is 21.3. The van der Waals surface area contributed by atoms with Gasteiger partial charge in [0, 0.05) is 26.1 Å². The number of piperidine rings is 1. The molecule has 20 heavy (non-hydrogen) atoms. The molecule has 0 saturated carbocycles. The van der Waals surface area contributed by atoms with Crippen LogP contribution in [0.25, 0.3) is 0 Å². The molecule has 1 aliphatic heterocycles. The highest BCUT2D eigenvalue weighted by Gasteiger charge is 2.16. The molecule has 7 nitrogen and oxygen atoms in total. The lowest BCUT2D eigenvalue weighted by molar-refractivity contribution is -0.131. The van der Waals surface area contributed by atoms with Crippen molar-refractivity contribution in [2.45, 2.75) is 25.7 Å². The molecule has 1 aromatic rings. The average Bonchev–Trinajstić information content (AvgIpc) is 2.50. The second-order valence-corrected chi connectivity index (χ2v) is 4.65. The van der Waals surface area contributed by atoms with Gasteiger partial charge in [0.2, 0.25) is 11.9 Å². The maximum atomic E-state index is 13.4. The van der Waals surface area contributed by atoms with E-state index in [1.807, 2.05) is 4.90 Å². The van der Waals surface area contributed by atoms with E-state index in [2.05, 4.69) is 20.7 Å². The van der Waals surface area contributed by atoms with Gasteiger partial charge < -0.3 is 10.2 Å². The van der Waals surface area contributed by atoms with Crippen molar-refractivity contribution in [1.82, 2.24) is 14.9 Å². The van der Waals surface area contributed by atoms with Crippen molar-refractivity contribution in [2.75, 3.05) is 30.4 Å². The Morgan fingerprint density at radius 1 is 1.40 bits per heavy atom. The molecule has 0 spiro atoms. The molecule has 0 radical (unpaired) electrons. The predicted molar refractivity (Wildman–Crippen MR) is 73.3 cm³/mol. The van der Waals surface area contributed by atoms with E-state index in [1.54, 1.807) is 0 Å². The van der Waals surface area contributed by atoms with Crippen LogP contribution in [-0.2, 0) is 4.79 Å². The van der Waals surface area contributed by atoms with Crippen LogP contribution >= 0.6 is 0 Å². The van der Waals surface area contributed by atoms with Crippen molar-refractivity contribution in [3.63, 3.8) is 0 Å². The monoisotopic (exact) mass is 282 g/mol. The van der Waals surface area contributed by atoms with Gasteiger partial charge in [0.15, 0.2) is 11.6 Å². The summed E-state index contributed by atoms with van der Waals surface area (Å²) in [5.41, 5.74) is 2.24. The lowest BCUT2D eigenvalue weighted by atomic mass is 10.1. The summed E-state index contributed by atoms with van der Waals surface area (Å²) in [6, 6.07) is 0. The summed E-state index contributed by atoms with van der Waals surface area (Å²) < 4.78 is 13.4. The molecule has 0 atom stereocenters. The molecule has 0 unspecified atom stereocenters. The normalized spacial score (nSPS) is 15.0. The fourth-order valence-corrected chi connectivity index (χ4v) is 2.15. The van der Waals surface area contributed by atoms with Gasteiger partial charge in [-0.3, -0.25) is 10.2 Å². The molecule has 1 aromatic heterocycles. The van der Waals surface area contributed by atoms with Gasteiger partial charge in [-0.05, 0) is 19.3 Å². The largest absolute Gasteiger partial charge is 0.367 e. The third-order valence-electron chi connectivity index (χ3n) is 3.21. The van der Waals surface area contributed by atoms with Crippen molar-refractivity contribution in [2.24, 2.45) is 5.84 Å². The van der Waals surface area contributed by atoms with E-state index < -0.39 is 5.82 Å². The lowest BCUT2D eigenvalue weighted by Crippen LogP contribution is -2.36. The van der Waals surface area contributed by atoms with Crippen LogP contribution in [0.3, 0.4) is 0 Å². The molecule has 1 saturated heterocycles. The van der Waals surface area contributed by atoms with Gasteiger partial charge in [0.25, 0.3) is 0 Å². The molecule has 2 heterocycles. The van der Waals surface area contributed by atoms with E-state index in [-0.39, 0.29) is 17.7 Å². The summed E-state index contributed by atoms with van der Waals surface area (Å²) in [6.07, 6.45) is 4.64. The lowest BCUT2D eigenvalue weighted by Gasteiger charge is -2.26. The number of nitrogens with two attached hydrogens (primary N) is 1. The highest BCUT2D eigenvalue weighted by molar-refractivity contribution is 5.76. The van der Waals surface area contributed by atoms with Crippen LogP contribution in [0.1, 0.15) is 25.7 Å². The van der Waals surface area contributed by atoms with Gasteiger partial charge in [-0.2, -0.15) is 4.98 Å². The Hall–Kier alpha value is -1.96. The van der Waals surface area contributed by atoms with Gasteiger partial charge >= 0.3 is 0 Å². The number of hydrogen-bond acceptors (Lipinski definition) is 6. The van der Waals surface area contributed by atoms with Crippen LogP contribution in [0.2, 0.25) is 0 Å². The Kier molecular flexibility index (Phi) is 5.05. The number of nitrogens with one attached hydrogen (secondary N) is 2. The summed E-state index contributed by atoms with van der Waals surface area (Å²) in [6.45, 7) is 1.97. The number of hydrazine groups is 1. The number of carbonyl (C=O) groups is 1. The van der Waals surface area contributed by atoms with E-state index in [1.165, 1.54) is 6.42 Å². The van der Waals surface area contributed by atoms with Crippen molar-refractivity contribution < 1.29 is 9.18 Å². The Morgan fingerprint density at radius 3 is 2.85 bits per heavy atom. The molecule has 0 aromatic carbocycles. The standard InChI is InChI=1S/C12H19FN6O/c13-9-8-16-12(18-14)17-11(9)15-5-4-10(20)19-6-2-1-3-7-19/h8H,1-7,14H2,(H2,15,16,17,18). The number of halogens is 1. The molecule has 0 bridgehead atoms. The predicted octanol–water partition coefficient (Wildman–Crippen LogP) is 0.716. The quantitative estimate of drug-likeness (QED) is 0.544. The van der Waals surface area contributed by atoms with Crippen LogP contribution < -0.4 is 16.6 Å². The van der Waals surface area contributed by atoms with Crippen LogP contribution in [0.5, 0.6) is 0 Å². The molecule has 110 valence electrons. The van der Waals surface area contributed by atoms with Crippen molar-refractivity contribution in [3.8, 4) is 0 Å². The van der Waals surface area contributed by atoms with Gasteiger partial charge in [-0.1, -0.05) is 0 Å². The maximum Gasteiger partial charge on any atom is 0.239 e. The zero-order chi connectivity index (χ0) is 14.4. The summed E-state index contributed by atoms with van der Waals surface area (Å²) in [5, 5.41) is 2.79. The Morgan fingerprint density at radius 2 is 2.15 bits per heavy atom. The van der Waals surface area contributed by atoms with Gasteiger partial charge in [0.1, 0.15) is 0 Å². The van der Waals surface area contributed by atoms with Crippen LogP contribution in [0.15, 0.2) is 6.20 Å². The summed E-state index contributed by atoms with van der Waals surface area (Å²) >= 11 is 0. The number of likely N-dealkylation sites (tertiary alicyclic amines) is 1. The van der Waals surface area contributed by atoms with Gasteiger partial charge in [-0.15, -0.1) is 0 Å². The fraction of sp³-hybridized carbons (Fsp3) is 0.583. The summed E-state index contributed by atoms with van der Waals surface area (Å²) in [7, 11) is 0. The number of nitrogens with zero attached hydrogens (tertiary/aromatic N) is 3. The molecule has 0 aliphatic carbocycles. The molecule has 8 heteroatoms. The first kappa shape index (κ1) is 14.4. The second kappa shape index (κ2) is 6.99. The third kappa shape index (κ3) is 3.77. The highest BCUT2D eigenvalue weighted by atomic mass is 19.1. The van der Waals surface area contributed by atoms with Crippen molar-refractivity contribution in [3.05, 3.63) is 12.0 Å². The Bertz CT molecular complexity index is 463. The number of amides is 1. The zero-order valence-corrected chi connectivity index (χ0v) is 11.2. The average molecular weight is 282 g/mol. The molecule has 1 fully saturated rings. The minimum atomic E-state index is -0.575. The summed E-state index contributed by atoms with van der Waals surface area (Å²) in [5.74, 6) is 4.83. The zero-order valence-electron chi connectivity index (χ0n) is 11.2. The first-order chi connectivity index (χ1) is 9.70. The second-order valence-electron chi connectivity index (χ2n) is 4.65. The van der Waals surface area contributed by atoms with E-state index in [4.69, 9.17) is 5.84 Å². The Labute approximate surface area is 116 Å². The molecule has 2 rings (SSSR count). The first-order valence-corrected chi connectivity index (χ1v) is 6.71. The van der Waals surface area contributed by atoms with Crippen molar-refractivity contribution in [1.29, 1.82) is 0 Å². The van der Waals surface area contributed by atoms with Crippen LogP contribution in [0.4, 0.5) is 16.2 Å². The van der Waals surface area contributed by atoms with E-state index in [0.717, 1.165) is 32.1 Å². The molecule has 1 aliphatic rings. The minimum absolute atomic E-state index is 0.0411. The number of nitrogen functional groups attached to an aromatic ring is 1. The number of rotatable bonds is 5. The Balaban J connectivity index is 1.81. The molecule has 4 N–H and O–H groups in total. The van der Waals surface area contributed by atoms with Crippen LogP contribution in [-0.4, -0.2) is 40.4 Å². The van der Waals surface area contributed by atoms with Gasteiger partial charge in [-0.25, -0.2) is 15.2 Å². The van der Waals surface area contributed by atoms with Gasteiger partial charge in [0.05, 0.1) is 6.20 Å². The highest BCUT2D eigenvalue weighted by Crippen LogP contribution is 2.12.